The Hall–Kier alpha value is -3.11. The van der Waals surface area contributed by atoms with Crippen molar-refractivity contribution in [3.8, 4) is 0 Å². The number of aromatic nitrogens is 4. The van der Waals surface area contributed by atoms with Crippen LogP contribution in [0.1, 0.15) is 16.6 Å². The number of halogens is 1. The first-order chi connectivity index (χ1) is 12.6. The highest BCUT2D eigenvalue weighted by Crippen LogP contribution is 2.26. The molecule has 0 amide bonds. The standard InChI is InChI=1S/C16H14FN5O4/c17-16-20-13(18)12-14(21-16)22(8-19-12)10-6-24-11(26-10)7-25-15(23)9-4-2-1-3-5-9/h1-5,8,10-11H,6-7H2,(H2,18,20,21)/t10-,11-/m0/s1. The van der Waals surface area contributed by atoms with Crippen LogP contribution in [0.3, 0.4) is 0 Å². The fourth-order valence-electron chi connectivity index (χ4n) is 2.60. The Kier molecular flexibility index (Phi) is 4.19. The zero-order valence-electron chi connectivity index (χ0n) is 13.4. The average Bonchev–Trinajstić information content (AvgIpc) is 3.27. The highest BCUT2D eigenvalue weighted by molar-refractivity contribution is 5.89. The van der Waals surface area contributed by atoms with E-state index >= 15 is 0 Å². The molecule has 1 fully saturated rings. The Labute approximate surface area is 146 Å². The number of carbonyl (C=O) groups excluding carboxylic acids is 1. The smallest absolute Gasteiger partial charge is 0.338 e. The summed E-state index contributed by atoms with van der Waals surface area (Å²) in [7, 11) is 0. The molecule has 1 aromatic carbocycles. The van der Waals surface area contributed by atoms with Crippen LogP contribution in [-0.4, -0.2) is 45.0 Å². The van der Waals surface area contributed by atoms with Crippen LogP contribution in [0.5, 0.6) is 0 Å². The molecule has 1 aliphatic heterocycles. The summed E-state index contributed by atoms with van der Waals surface area (Å²) in [5, 5.41) is 0. The van der Waals surface area contributed by atoms with E-state index in [4.69, 9.17) is 19.9 Å². The van der Waals surface area contributed by atoms with Gasteiger partial charge >= 0.3 is 12.0 Å². The van der Waals surface area contributed by atoms with Crippen molar-refractivity contribution >= 4 is 23.0 Å². The molecule has 0 bridgehead atoms. The van der Waals surface area contributed by atoms with Gasteiger partial charge in [-0.05, 0) is 12.1 Å². The van der Waals surface area contributed by atoms with Gasteiger partial charge in [0, 0.05) is 0 Å². The number of imidazole rings is 1. The van der Waals surface area contributed by atoms with Crippen molar-refractivity contribution in [3.05, 3.63) is 48.3 Å². The number of ether oxygens (including phenoxy) is 3. The maximum Gasteiger partial charge on any atom is 0.338 e. The van der Waals surface area contributed by atoms with E-state index in [0.717, 1.165) is 0 Å². The summed E-state index contributed by atoms with van der Waals surface area (Å²) in [6, 6.07) is 8.59. The first-order valence-corrected chi connectivity index (χ1v) is 7.76. The van der Waals surface area contributed by atoms with Gasteiger partial charge in [-0.1, -0.05) is 18.2 Å². The molecule has 0 saturated carbocycles. The molecule has 3 aromatic rings. The van der Waals surface area contributed by atoms with Crippen LogP contribution in [0, 0.1) is 6.08 Å². The number of hydrogen-bond acceptors (Lipinski definition) is 8. The van der Waals surface area contributed by atoms with Crippen molar-refractivity contribution in [2.45, 2.75) is 12.5 Å². The van der Waals surface area contributed by atoms with Gasteiger partial charge in [-0.3, -0.25) is 4.57 Å². The number of nitrogens with zero attached hydrogens (tertiary/aromatic N) is 4. The number of fused-ring (bicyclic) bond motifs is 1. The first kappa shape index (κ1) is 16.4. The van der Waals surface area contributed by atoms with Crippen LogP contribution in [0.25, 0.3) is 11.2 Å². The molecule has 0 aliphatic carbocycles. The third-order valence-corrected chi connectivity index (χ3v) is 3.82. The molecule has 26 heavy (non-hydrogen) atoms. The van der Waals surface area contributed by atoms with Crippen molar-refractivity contribution in [1.29, 1.82) is 0 Å². The number of carbonyl (C=O) groups is 1. The molecule has 2 N–H and O–H groups in total. The van der Waals surface area contributed by atoms with Gasteiger partial charge in [0.05, 0.1) is 18.5 Å². The predicted molar refractivity (Wildman–Crippen MR) is 86.3 cm³/mol. The normalized spacial score (nSPS) is 19.7. The molecule has 3 heterocycles. The maximum atomic E-state index is 13.4. The molecule has 0 unspecified atom stereocenters. The van der Waals surface area contributed by atoms with Crippen molar-refractivity contribution in [1.82, 2.24) is 19.5 Å². The van der Waals surface area contributed by atoms with E-state index in [0.29, 0.717) is 5.56 Å². The number of esters is 1. The molecular weight excluding hydrogens is 345 g/mol. The minimum atomic E-state index is -0.955. The molecule has 10 heteroatoms. The highest BCUT2D eigenvalue weighted by atomic mass is 19.1. The van der Waals surface area contributed by atoms with Gasteiger partial charge in [-0.25, -0.2) is 9.78 Å². The van der Waals surface area contributed by atoms with Crippen molar-refractivity contribution in [2.75, 3.05) is 18.9 Å². The molecule has 1 aliphatic rings. The summed E-state index contributed by atoms with van der Waals surface area (Å²) < 4.78 is 31.2. The minimum Gasteiger partial charge on any atom is -0.457 e. The fraction of sp³-hybridized carbons (Fsp3) is 0.250. The van der Waals surface area contributed by atoms with Crippen LogP contribution in [0.15, 0.2) is 36.7 Å². The minimum absolute atomic E-state index is 0.0569. The van der Waals surface area contributed by atoms with E-state index in [9.17, 15) is 9.18 Å². The van der Waals surface area contributed by atoms with E-state index in [2.05, 4.69) is 15.0 Å². The Morgan fingerprint density at radius 1 is 1.35 bits per heavy atom. The van der Waals surface area contributed by atoms with Gasteiger partial charge in [0.15, 0.2) is 29.5 Å². The summed E-state index contributed by atoms with van der Waals surface area (Å²) in [4.78, 5) is 23.1. The zero-order chi connectivity index (χ0) is 18.1. The van der Waals surface area contributed by atoms with E-state index in [1.165, 1.54) is 10.9 Å². The van der Waals surface area contributed by atoms with E-state index in [1.807, 2.05) is 0 Å². The second kappa shape index (κ2) is 6.65. The molecule has 9 nitrogen and oxygen atoms in total. The van der Waals surface area contributed by atoms with E-state index in [-0.39, 0.29) is 30.2 Å². The van der Waals surface area contributed by atoms with Gasteiger partial charge in [0.25, 0.3) is 0 Å². The Morgan fingerprint density at radius 2 is 2.15 bits per heavy atom. The Morgan fingerprint density at radius 3 is 2.96 bits per heavy atom. The molecule has 134 valence electrons. The average molecular weight is 359 g/mol. The number of hydrogen-bond donors (Lipinski definition) is 1. The van der Waals surface area contributed by atoms with Crippen LogP contribution in [-0.2, 0) is 14.2 Å². The second-order valence-electron chi connectivity index (χ2n) is 5.52. The van der Waals surface area contributed by atoms with Gasteiger partial charge in [0.2, 0.25) is 0 Å². The third-order valence-electron chi connectivity index (χ3n) is 3.82. The fourth-order valence-corrected chi connectivity index (χ4v) is 2.60. The van der Waals surface area contributed by atoms with Crippen molar-refractivity contribution < 1.29 is 23.4 Å². The second-order valence-corrected chi connectivity index (χ2v) is 5.52. The number of rotatable bonds is 4. The lowest BCUT2D eigenvalue weighted by atomic mass is 10.2. The highest BCUT2D eigenvalue weighted by Gasteiger charge is 2.30. The molecule has 4 rings (SSSR count). The van der Waals surface area contributed by atoms with Crippen LogP contribution < -0.4 is 5.73 Å². The van der Waals surface area contributed by atoms with Crippen LogP contribution >= 0.6 is 0 Å². The molecule has 1 saturated heterocycles. The molecule has 0 spiro atoms. The lowest BCUT2D eigenvalue weighted by molar-refractivity contribution is -0.102. The summed E-state index contributed by atoms with van der Waals surface area (Å²) >= 11 is 0. The lowest BCUT2D eigenvalue weighted by Crippen LogP contribution is -2.20. The quantitative estimate of drug-likeness (QED) is 0.547. The third kappa shape index (κ3) is 3.07. The van der Waals surface area contributed by atoms with Crippen LogP contribution in [0.4, 0.5) is 10.2 Å². The molecule has 2 atom stereocenters. The van der Waals surface area contributed by atoms with E-state index < -0.39 is 24.6 Å². The number of anilines is 1. The van der Waals surface area contributed by atoms with Crippen molar-refractivity contribution in [3.63, 3.8) is 0 Å². The topological polar surface area (TPSA) is 114 Å². The molecule has 0 radical (unpaired) electrons. The van der Waals surface area contributed by atoms with Gasteiger partial charge in [0.1, 0.15) is 6.61 Å². The number of benzene rings is 1. The summed E-state index contributed by atoms with van der Waals surface area (Å²) in [5.41, 5.74) is 6.54. The number of nitrogen functional groups attached to an aromatic ring is 1. The summed E-state index contributed by atoms with van der Waals surface area (Å²) in [5.74, 6) is -0.532. The SMILES string of the molecule is Nc1nc(F)nc2c1ncn2[C@@H]1CO[C@H](COC(=O)c2ccccc2)O1. The largest absolute Gasteiger partial charge is 0.457 e. The summed E-state index contributed by atoms with van der Waals surface area (Å²) in [6.07, 6.45) is -0.895. The van der Waals surface area contributed by atoms with E-state index in [1.54, 1.807) is 30.3 Å². The maximum absolute atomic E-state index is 13.4. The molecular formula is C16H14FN5O4. The van der Waals surface area contributed by atoms with Gasteiger partial charge < -0.3 is 19.9 Å². The number of nitrogens with two attached hydrogens (primary N) is 1. The van der Waals surface area contributed by atoms with Gasteiger partial charge in [-0.2, -0.15) is 14.4 Å². The van der Waals surface area contributed by atoms with Crippen LogP contribution in [0.2, 0.25) is 0 Å². The van der Waals surface area contributed by atoms with Gasteiger partial charge in [-0.15, -0.1) is 0 Å². The molecule has 2 aromatic heterocycles. The van der Waals surface area contributed by atoms with Crippen molar-refractivity contribution in [2.24, 2.45) is 0 Å². The zero-order valence-corrected chi connectivity index (χ0v) is 13.4. The first-order valence-electron chi connectivity index (χ1n) is 7.76. The lowest BCUT2D eigenvalue weighted by Gasteiger charge is -2.13. The monoisotopic (exact) mass is 359 g/mol. The summed E-state index contributed by atoms with van der Waals surface area (Å²) in [6.45, 7) is 0.0763. The Balaban J connectivity index is 1.42. The predicted octanol–water partition coefficient (Wildman–Crippen LogP) is 1.28. The Bertz CT molecular complexity index is 948.